The summed E-state index contributed by atoms with van der Waals surface area (Å²) in [5.74, 6) is -3.74. The predicted molar refractivity (Wildman–Crippen MR) is 121 cm³/mol. The molecule has 1 aromatic carbocycles. The first-order chi connectivity index (χ1) is 15.2. The Morgan fingerprint density at radius 3 is 2.22 bits per heavy atom. The summed E-state index contributed by atoms with van der Waals surface area (Å²) in [6, 6.07) is 8.04. The molecule has 0 bridgehead atoms. The lowest BCUT2D eigenvalue weighted by atomic mass is 9.83. The molecule has 0 saturated heterocycles. The van der Waals surface area contributed by atoms with Gasteiger partial charge in [0.25, 0.3) is 0 Å². The molecule has 0 radical (unpaired) electrons. The second kappa shape index (κ2) is 9.53. The maximum Gasteiger partial charge on any atom is 0.335 e. The zero-order chi connectivity index (χ0) is 23.5. The van der Waals surface area contributed by atoms with Gasteiger partial charge in [-0.25, -0.2) is 13.2 Å². The number of benzene rings is 1. The zero-order valence-corrected chi connectivity index (χ0v) is 19.3. The van der Waals surface area contributed by atoms with E-state index in [9.17, 15) is 18.0 Å². The first-order valence-electron chi connectivity index (χ1n) is 10.1. The summed E-state index contributed by atoms with van der Waals surface area (Å²) in [5.41, 5.74) is 2.93. The molecule has 0 aromatic heterocycles. The third kappa shape index (κ3) is 4.53. The highest BCUT2D eigenvalue weighted by molar-refractivity contribution is 7.91. The molecule has 7 heteroatoms. The van der Waals surface area contributed by atoms with Gasteiger partial charge in [-0.15, -0.1) is 0 Å². The van der Waals surface area contributed by atoms with Crippen molar-refractivity contribution in [3.05, 3.63) is 88.6 Å². The van der Waals surface area contributed by atoms with Crippen LogP contribution in [0.5, 0.6) is 0 Å². The molecular formula is C25H26O6S. The van der Waals surface area contributed by atoms with Crippen LogP contribution in [0.3, 0.4) is 0 Å². The van der Waals surface area contributed by atoms with E-state index < -0.39 is 33.6 Å². The Balaban J connectivity index is 2.28. The lowest BCUT2D eigenvalue weighted by Gasteiger charge is -2.24. The van der Waals surface area contributed by atoms with E-state index in [4.69, 9.17) is 9.47 Å². The Bertz CT molecular complexity index is 1180. The second-order valence-electron chi connectivity index (χ2n) is 7.70. The van der Waals surface area contributed by atoms with Gasteiger partial charge >= 0.3 is 11.9 Å². The molecule has 32 heavy (non-hydrogen) atoms. The van der Waals surface area contributed by atoms with Crippen LogP contribution in [0.2, 0.25) is 0 Å². The lowest BCUT2D eigenvalue weighted by Crippen LogP contribution is -2.34. The molecule has 0 spiro atoms. The van der Waals surface area contributed by atoms with Crippen molar-refractivity contribution in [2.75, 3.05) is 20.0 Å². The minimum absolute atomic E-state index is 0.101. The Morgan fingerprint density at radius 2 is 1.59 bits per heavy atom. The largest absolute Gasteiger partial charge is 0.469 e. The number of hydrogen-bond acceptors (Lipinski definition) is 6. The van der Waals surface area contributed by atoms with Crippen LogP contribution in [0.4, 0.5) is 0 Å². The Kier molecular flexibility index (Phi) is 6.99. The van der Waals surface area contributed by atoms with E-state index in [0.29, 0.717) is 5.57 Å². The molecule has 2 aliphatic carbocycles. The number of esters is 2. The fourth-order valence-electron chi connectivity index (χ4n) is 4.17. The molecule has 6 nitrogen and oxygen atoms in total. The molecule has 0 saturated carbocycles. The van der Waals surface area contributed by atoms with Gasteiger partial charge in [0.15, 0.2) is 9.84 Å². The molecule has 3 rings (SSSR count). The quantitative estimate of drug-likeness (QED) is 0.630. The van der Waals surface area contributed by atoms with Crippen molar-refractivity contribution in [2.24, 2.45) is 11.8 Å². The Labute approximate surface area is 188 Å². The van der Waals surface area contributed by atoms with Gasteiger partial charge in [0, 0.05) is 5.92 Å². The van der Waals surface area contributed by atoms with Crippen LogP contribution < -0.4 is 0 Å². The number of fused-ring (bicyclic) bond motifs is 1. The van der Waals surface area contributed by atoms with Gasteiger partial charge in [-0.3, -0.25) is 4.79 Å². The fourth-order valence-corrected chi connectivity index (χ4v) is 5.73. The van der Waals surface area contributed by atoms with Crippen molar-refractivity contribution in [1.29, 1.82) is 0 Å². The van der Waals surface area contributed by atoms with Crippen molar-refractivity contribution in [3.63, 3.8) is 0 Å². The third-order valence-corrected chi connectivity index (χ3v) is 7.47. The molecule has 1 aromatic rings. The number of hydrogen-bond donors (Lipinski definition) is 0. The molecule has 0 aliphatic heterocycles. The highest BCUT2D eigenvalue weighted by Gasteiger charge is 2.42. The van der Waals surface area contributed by atoms with Gasteiger partial charge in [-0.1, -0.05) is 48.6 Å². The summed E-state index contributed by atoms with van der Waals surface area (Å²) in [4.78, 5) is 26.2. The van der Waals surface area contributed by atoms with Gasteiger partial charge in [0.1, 0.15) is 0 Å². The van der Waals surface area contributed by atoms with E-state index in [1.165, 1.54) is 26.4 Å². The van der Waals surface area contributed by atoms with Crippen molar-refractivity contribution >= 4 is 21.8 Å². The number of allylic oxidation sites excluding steroid dienone is 9. The van der Waals surface area contributed by atoms with Gasteiger partial charge in [-0.05, 0) is 48.3 Å². The average Bonchev–Trinajstić information content (AvgIpc) is 3.04. The van der Waals surface area contributed by atoms with Gasteiger partial charge in [0.05, 0.1) is 36.4 Å². The van der Waals surface area contributed by atoms with Crippen molar-refractivity contribution in [2.45, 2.75) is 18.7 Å². The number of methoxy groups -OCH3 is 2. The molecule has 2 aliphatic rings. The normalized spacial score (nSPS) is 20.8. The first kappa shape index (κ1) is 23.5. The summed E-state index contributed by atoms with van der Waals surface area (Å²) < 4.78 is 36.5. The first-order valence-corrected chi connectivity index (χ1v) is 11.8. The minimum Gasteiger partial charge on any atom is -0.469 e. The Morgan fingerprint density at radius 1 is 0.938 bits per heavy atom. The summed E-state index contributed by atoms with van der Waals surface area (Å²) in [7, 11) is -1.30. The van der Waals surface area contributed by atoms with Gasteiger partial charge < -0.3 is 9.47 Å². The van der Waals surface area contributed by atoms with Crippen LogP contribution in [-0.4, -0.2) is 40.3 Å². The summed E-state index contributed by atoms with van der Waals surface area (Å²) >= 11 is 0. The number of rotatable bonds is 5. The Hall–Kier alpha value is -3.19. The zero-order valence-electron chi connectivity index (χ0n) is 18.5. The van der Waals surface area contributed by atoms with Crippen LogP contribution in [0.25, 0.3) is 0 Å². The van der Waals surface area contributed by atoms with E-state index in [0.717, 1.165) is 16.7 Å². The molecule has 168 valence electrons. The lowest BCUT2D eigenvalue weighted by molar-refractivity contribution is -0.148. The summed E-state index contributed by atoms with van der Waals surface area (Å²) in [6.07, 6.45) is 9.11. The predicted octanol–water partition coefficient (Wildman–Crippen LogP) is 3.74. The maximum atomic E-state index is 13.2. The van der Waals surface area contributed by atoms with Crippen LogP contribution >= 0.6 is 0 Å². The standard InChI is InChI=1S/C25H26O6S/c1-16-10-8-9-13-20-17(2)14-18(15-32(28,29)19-11-6-5-7-12-19)22(24(26)30-3)23(21(16)20)25(27)31-4/h5-14,18,22H,15H2,1-4H3/t18-,22+/m0/s1. The molecule has 0 N–H and O–H groups in total. The van der Waals surface area contributed by atoms with Crippen LogP contribution in [0, 0.1) is 11.8 Å². The summed E-state index contributed by atoms with van der Waals surface area (Å²) in [5, 5.41) is 0. The molecule has 0 amide bonds. The molecule has 2 atom stereocenters. The van der Waals surface area contributed by atoms with Crippen LogP contribution in [-0.2, 0) is 28.9 Å². The van der Waals surface area contributed by atoms with E-state index >= 15 is 0 Å². The monoisotopic (exact) mass is 454 g/mol. The van der Waals surface area contributed by atoms with E-state index in [-0.39, 0.29) is 16.2 Å². The molecule has 0 heterocycles. The van der Waals surface area contributed by atoms with Gasteiger partial charge in [-0.2, -0.15) is 0 Å². The number of sulfone groups is 1. The maximum absolute atomic E-state index is 13.2. The highest BCUT2D eigenvalue weighted by atomic mass is 32.2. The van der Waals surface area contributed by atoms with E-state index in [1.54, 1.807) is 24.3 Å². The average molecular weight is 455 g/mol. The van der Waals surface area contributed by atoms with Gasteiger partial charge in [0.2, 0.25) is 0 Å². The fraction of sp³-hybridized carbons (Fsp3) is 0.280. The number of carbonyl (C=O) groups excluding carboxylic acids is 2. The van der Waals surface area contributed by atoms with Crippen molar-refractivity contribution < 1.29 is 27.5 Å². The van der Waals surface area contributed by atoms with E-state index in [2.05, 4.69) is 0 Å². The SMILES string of the molecule is COC(=O)C1=C2C(C)=CC=CC=C2C(C)=C[C@@H](CS(=O)(=O)c2ccccc2)[C@H]1C(=O)OC. The molecule has 0 fully saturated rings. The topological polar surface area (TPSA) is 86.7 Å². The minimum atomic E-state index is -3.76. The molecule has 0 unspecified atom stereocenters. The van der Waals surface area contributed by atoms with E-state index in [1.807, 2.05) is 38.2 Å². The smallest absolute Gasteiger partial charge is 0.335 e. The van der Waals surface area contributed by atoms with Crippen LogP contribution in [0.1, 0.15) is 13.8 Å². The van der Waals surface area contributed by atoms with Crippen molar-refractivity contribution in [1.82, 2.24) is 0 Å². The number of ether oxygens (including phenoxy) is 2. The van der Waals surface area contributed by atoms with Crippen LogP contribution in [0.15, 0.2) is 93.5 Å². The summed E-state index contributed by atoms with van der Waals surface area (Å²) in [6.45, 7) is 3.68. The van der Waals surface area contributed by atoms with Crippen molar-refractivity contribution in [3.8, 4) is 0 Å². The number of carbonyl (C=O) groups is 2. The molecular weight excluding hydrogens is 428 g/mol. The third-order valence-electron chi connectivity index (χ3n) is 5.66. The second-order valence-corrected chi connectivity index (χ2v) is 9.74. The highest BCUT2D eigenvalue weighted by Crippen LogP contribution is 2.41.